The predicted molar refractivity (Wildman–Crippen MR) is 136 cm³/mol. The summed E-state index contributed by atoms with van der Waals surface area (Å²) >= 11 is 0. The van der Waals surface area contributed by atoms with Crippen molar-refractivity contribution in [1.82, 2.24) is 15.5 Å². The fourth-order valence-electron chi connectivity index (χ4n) is 5.63. The van der Waals surface area contributed by atoms with Gasteiger partial charge in [-0.25, -0.2) is 0 Å². The molecule has 2 heterocycles. The number of hydrogen-bond donors (Lipinski definition) is 3. The normalized spacial score (nSPS) is 26.2. The number of amides is 4. The molecular formula is C28H35N5O4. The molecular weight excluding hydrogens is 470 g/mol. The summed E-state index contributed by atoms with van der Waals surface area (Å²) in [6.07, 6.45) is 4.32. The molecule has 1 spiro atoms. The van der Waals surface area contributed by atoms with Crippen LogP contribution in [0.3, 0.4) is 0 Å². The van der Waals surface area contributed by atoms with E-state index in [-0.39, 0.29) is 36.6 Å². The second-order valence-corrected chi connectivity index (χ2v) is 12.2. The number of rotatable bonds is 7. The minimum absolute atomic E-state index is 0.0424. The maximum Gasteiger partial charge on any atom is 0.246 e. The fourth-order valence-corrected chi connectivity index (χ4v) is 5.63. The van der Waals surface area contributed by atoms with Gasteiger partial charge in [0.25, 0.3) is 0 Å². The maximum atomic E-state index is 13.9. The number of likely N-dealkylation sites (tertiary alicyclic amines) is 1. The van der Waals surface area contributed by atoms with E-state index in [4.69, 9.17) is 0 Å². The highest BCUT2D eigenvalue weighted by atomic mass is 16.2. The maximum absolute atomic E-state index is 13.9. The van der Waals surface area contributed by atoms with E-state index >= 15 is 0 Å². The van der Waals surface area contributed by atoms with Crippen molar-refractivity contribution in [3.8, 4) is 6.07 Å². The monoisotopic (exact) mass is 505 g/mol. The second-order valence-electron chi connectivity index (χ2n) is 12.2. The molecule has 2 aliphatic carbocycles. The first-order chi connectivity index (χ1) is 17.5. The second kappa shape index (κ2) is 9.16. The Morgan fingerprint density at radius 2 is 1.86 bits per heavy atom. The van der Waals surface area contributed by atoms with Gasteiger partial charge < -0.3 is 20.9 Å². The Balaban J connectivity index is 1.37. The Bertz CT molecular complexity index is 1180. The molecule has 0 aromatic heterocycles. The van der Waals surface area contributed by atoms with E-state index < -0.39 is 34.9 Å². The Morgan fingerprint density at radius 3 is 2.49 bits per heavy atom. The van der Waals surface area contributed by atoms with E-state index in [2.05, 4.69) is 22.0 Å². The molecule has 2 aliphatic heterocycles. The highest BCUT2D eigenvalue weighted by molar-refractivity contribution is 6.07. The van der Waals surface area contributed by atoms with Crippen LogP contribution in [0, 0.1) is 28.6 Å². The third-order valence-corrected chi connectivity index (χ3v) is 8.16. The number of benzene rings is 1. The Hall–Kier alpha value is -3.41. The van der Waals surface area contributed by atoms with Crippen LogP contribution in [0.25, 0.3) is 0 Å². The van der Waals surface area contributed by atoms with Crippen molar-refractivity contribution < 1.29 is 19.2 Å². The number of carbonyl (C=O) groups is 4. The van der Waals surface area contributed by atoms with Gasteiger partial charge in [0.2, 0.25) is 23.6 Å². The first-order valence-electron chi connectivity index (χ1n) is 13.3. The van der Waals surface area contributed by atoms with E-state index in [1.807, 2.05) is 45.0 Å². The van der Waals surface area contributed by atoms with Crippen LogP contribution in [0.2, 0.25) is 0 Å². The lowest BCUT2D eigenvalue weighted by Gasteiger charge is -2.33. The molecule has 4 amide bonds. The van der Waals surface area contributed by atoms with Crippen LogP contribution in [0.1, 0.15) is 64.9 Å². The van der Waals surface area contributed by atoms with Crippen molar-refractivity contribution in [1.29, 1.82) is 5.26 Å². The van der Waals surface area contributed by atoms with E-state index in [9.17, 15) is 24.4 Å². The van der Waals surface area contributed by atoms with Crippen molar-refractivity contribution in [2.24, 2.45) is 17.3 Å². The number of nitrogens with zero attached hydrogens (tertiary/aromatic N) is 2. The van der Waals surface area contributed by atoms with Crippen molar-refractivity contribution >= 4 is 29.3 Å². The lowest BCUT2D eigenvalue weighted by Crippen LogP contribution is -2.58. The van der Waals surface area contributed by atoms with E-state index in [0.717, 1.165) is 31.2 Å². The average molecular weight is 506 g/mol. The van der Waals surface area contributed by atoms with Crippen molar-refractivity contribution in [3.05, 3.63) is 29.8 Å². The number of fused-ring (bicyclic) bond motifs is 2. The van der Waals surface area contributed by atoms with Crippen LogP contribution in [-0.4, -0.2) is 53.2 Å². The van der Waals surface area contributed by atoms with Gasteiger partial charge >= 0.3 is 0 Å². The Kier molecular flexibility index (Phi) is 6.25. The van der Waals surface area contributed by atoms with Crippen LogP contribution in [0.5, 0.6) is 0 Å². The molecule has 1 saturated heterocycles. The molecule has 3 fully saturated rings. The van der Waals surface area contributed by atoms with Gasteiger partial charge in [0, 0.05) is 24.6 Å². The third-order valence-electron chi connectivity index (χ3n) is 8.16. The smallest absolute Gasteiger partial charge is 0.246 e. The molecule has 0 bridgehead atoms. The summed E-state index contributed by atoms with van der Waals surface area (Å²) in [6.45, 7) is 5.74. The van der Waals surface area contributed by atoms with Crippen LogP contribution in [0.15, 0.2) is 24.3 Å². The van der Waals surface area contributed by atoms with E-state index in [1.165, 1.54) is 4.90 Å². The molecule has 9 heteroatoms. The fraction of sp³-hybridized carbons (Fsp3) is 0.607. The predicted octanol–water partition coefficient (Wildman–Crippen LogP) is 2.23. The average Bonchev–Trinajstić information content (AvgIpc) is 3.78. The van der Waals surface area contributed by atoms with Crippen molar-refractivity contribution in [2.75, 3.05) is 11.9 Å². The molecule has 196 valence electrons. The zero-order chi connectivity index (χ0) is 26.5. The Morgan fingerprint density at radius 1 is 1.16 bits per heavy atom. The summed E-state index contributed by atoms with van der Waals surface area (Å²) in [5, 5.41) is 18.7. The molecule has 9 nitrogen and oxygen atoms in total. The van der Waals surface area contributed by atoms with Crippen LogP contribution in [-0.2, 0) is 24.6 Å². The molecule has 5 rings (SSSR count). The molecule has 0 unspecified atom stereocenters. The molecule has 4 atom stereocenters. The van der Waals surface area contributed by atoms with Crippen LogP contribution < -0.4 is 16.0 Å². The quantitative estimate of drug-likeness (QED) is 0.523. The number of anilines is 1. The summed E-state index contributed by atoms with van der Waals surface area (Å²) < 4.78 is 0. The topological polar surface area (TPSA) is 131 Å². The molecule has 0 radical (unpaired) electrons. The first-order valence-corrected chi connectivity index (χ1v) is 13.3. The molecule has 37 heavy (non-hydrogen) atoms. The minimum atomic E-state index is -0.979. The minimum Gasteiger partial charge on any atom is -0.344 e. The van der Waals surface area contributed by atoms with Gasteiger partial charge in [-0.1, -0.05) is 51.8 Å². The summed E-state index contributed by atoms with van der Waals surface area (Å²) in [5.74, 6) is -0.788. The number of hydrogen-bond acceptors (Lipinski definition) is 5. The standard InChI is InChI=1S/C28H35N5O4/c1-27(2,3)22(32-23(34)17-10-11-17)24(35)30-21(12-16-8-9-16)25(36)33-15-28(13-18(33)14-29)19-6-4-5-7-20(19)31-26(28)37/h4-7,16-18,21-22H,8-13,15H2,1-3H3,(H,30,35)(H,31,37)(H,32,34)/t18-,21-,22+,28-/m0/s1. The molecule has 2 saturated carbocycles. The van der Waals surface area contributed by atoms with Gasteiger partial charge in [-0.3, -0.25) is 19.2 Å². The molecule has 1 aromatic rings. The largest absolute Gasteiger partial charge is 0.344 e. The zero-order valence-electron chi connectivity index (χ0n) is 21.7. The SMILES string of the molecule is CC(C)(C)[C@H](NC(=O)C1CC1)C(=O)N[C@@H](CC1CC1)C(=O)N1C[C@]2(C[C@H]1C#N)C(=O)Nc1ccccc12. The van der Waals surface area contributed by atoms with Gasteiger partial charge in [-0.05, 0) is 42.2 Å². The highest BCUT2D eigenvalue weighted by Crippen LogP contribution is 2.46. The number of nitrogens with one attached hydrogen (secondary N) is 3. The number of carbonyl (C=O) groups excluding carboxylic acids is 4. The first kappa shape index (κ1) is 25.2. The van der Waals surface area contributed by atoms with Gasteiger partial charge in [-0.2, -0.15) is 5.26 Å². The Labute approximate surface area is 217 Å². The summed E-state index contributed by atoms with van der Waals surface area (Å²) in [4.78, 5) is 54.5. The summed E-state index contributed by atoms with van der Waals surface area (Å²) in [6, 6.07) is 7.21. The highest BCUT2D eigenvalue weighted by Gasteiger charge is 2.56. The lowest BCUT2D eigenvalue weighted by atomic mass is 9.80. The lowest BCUT2D eigenvalue weighted by molar-refractivity contribution is -0.139. The van der Waals surface area contributed by atoms with Crippen LogP contribution >= 0.6 is 0 Å². The summed E-state index contributed by atoms with van der Waals surface area (Å²) in [5.41, 5.74) is -0.0255. The van der Waals surface area contributed by atoms with Gasteiger partial charge in [-0.15, -0.1) is 0 Å². The van der Waals surface area contributed by atoms with E-state index in [0.29, 0.717) is 18.0 Å². The molecule has 1 aromatic carbocycles. The zero-order valence-corrected chi connectivity index (χ0v) is 21.7. The summed E-state index contributed by atoms with van der Waals surface area (Å²) in [7, 11) is 0. The van der Waals surface area contributed by atoms with Crippen LogP contribution in [0.4, 0.5) is 5.69 Å². The van der Waals surface area contributed by atoms with Gasteiger partial charge in [0.05, 0.1) is 11.5 Å². The number of nitriles is 1. The molecule has 4 aliphatic rings. The van der Waals surface area contributed by atoms with E-state index in [1.54, 1.807) is 0 Å². The number of para-hydroxylation sites is 1. The van der Waals surface area contributed by atoms with Gasteiger partial charge in [0.1, 0.15) is 18.1 Å². The van der Waals surface area contributed by atoms with Crippen molar-refractivity contribution in [3.63, 3.8) is 0 Å². The third kappa shape index (κ3) is 4.81. The van der Waals surface area contributed by atoms with Crippen molar-refractivity contribution in [2.45, 2.75) is 82.8 Å². The molecule has 3 N–H and O–H groups in total. The van der Waals surface area contributed by atoms with Gasteiger partial charge in [0.15, 0.2) is 0 Å².